The molecule has 0 radical (unpaired) electrons. The molecule has 0 heterocycles. The number of benzene rings is 1. The lowest BCUT2D eigenvalue weighted by molar-refractivity contribution is -0.153. The number of carbonyl (C=O) groups excluding carboxylic acids is 1. The minimum Gasteiger partial charge on any atom is -0.460 e. The van der Waals surface area contributed by atoms with Crippen molar-refractivity contribution in [2.75, 3.05) is 0 Å². The first kappa shape index (κ1) is 13.7. The highest BCUT2D eigenvalue weighted by molar-refractivity contribution is 6.58. The number of ether oxygens (including phenoxy) is 1. The summed E-state index contributed by atoms with van der Waals surface area (Å²) in [6, 6.07) is 6.59. The molecule has 0 bridgehead atoms. The van der Waals surface area contributed by atoms with Gasteiger partial charge in [-0.1, -0.05) is 24.3 Å². The molecule has 1 aromatic rings. The van der Waals surface area contributed by atoms with E-state index in [9.17, 15) is 4.79 Å². The van der Waals surface area contributed by atoms with E-state index in [2.05, 4.69) is 0 Å². The van der Waals surface area contributed by atoms with Crippen molar-refractivity contribution in [3.8, 4) is 0 Å². The van der Waals surface area contributed by atoms with E-state index < -0.39 is 12.7 Å². The second-order valence-corrected chi connectivity index (χ2v) is 4.88. The van der Waals surface area contributed by atoms with E-state index in [1.807, 2.05) is 0 Å². The molecule has 0 fully saturated rings. The molecular weight excluding hydrogens is 219 g/mol. The van der Waals surface area contributed by atoms with Crippen molar-refractivity contribution in [2.24, 2.45) is 0 Å². The van der Waals surface area contributed by atoms with Crippen LogP contribution in [0.15, 0.2) is 24.3 Å². The van der Waals surface area contributed by atoms with Crippen molar-refractivity contribution < 1.29 is 19.6 Å². The third-order valence-corrected chi connectivity index (χ3v) is 2.02. The van der Waals surface area contributed by atoms with Crippen LogP contribution in [0.1, 0.15) is 26.3 Å². The minimum atomic E-state index is -1.52. The van der Waals surface area contributed by atoms with Gasteiger partial charge in [0.1, 0.15) is 5.60 Å². The quantitative estimate of drug-likeness (QED) is 0.583. The molecule has 1 rings (SSSR count). The summed E-state index contributed by atoms with van der Waals surface area (Å²) in [5.74, 6) is -0.331. The van der Waals surface area contributed by atoms with Crippen LogP contribution in [-0.4, -0.2) is 28.7 Å². The Bertz CT molecular complexity index is 396. The van der Waals surface area contributed by atoms with Gasteiger partial charge in [-0.3, -0.25) is 4.79 Å². The Kier molecular flexibility index (Phi) is 4.31. The lowest BCUT2D eigenvalue weighted by atomic mass is 9.79. The average molecular weight is 236 g/mol. The van der Waals surface area contributed by atoms with E-state index in [1.165, 1.54) is 0 Å². The largest absolute Gasteiger partial charge is 0.488 e. The minimum absolute atomic E-state index is 0.123. The smallest absolute Gasteiger partial charge is 0.460 e. The molecule has 0 atom stereocenters. The molecule has 4 nitrogen and oxygen atoms in total. The van der Waals surface area contributed by atoms with Crippen molar-refractivity contribution in [1.29, 1.82) is 0 Å². The van der Waals surface area contributed by atoms with Gasteiger partial charge >= 0.3 is 13.1 Å². The molecule has 0 aromatic heterocycles. The predicted molar refractivity (Wildman–Crippen MR) is 65.8 cm³/mol. The van der Waals surface area contributed by atoms with Gasteiger partial charge in [0, 0.05) is 0 Å². The molecule has 0 saturated heterocycles. The standard InChI is InChI=1S/C12H17BO4/c1-12(2,3)17-11(14)8-9-5-4-6-10(7-9)13(15)16/h4-7,15-16H,8H2,1-3H3. The lowest BCUT2D eigenvalue weighted by Crippen LogP contribution is -2.30. The first-order valence-corrected chi connectivity index (χ1v) is 5.45. The zero-order chi connectivity index (χ0) is 13.1. The second-order valence-electron chi connectivity index (χ2n) is 4.88. The van der Waals surface area contributed by atoms with Crippen LogP contribution in [0.2, 0.25) is 0 Å². The van der Waals surface area contributed by atoms with Crippen molar-refractivity contribution in [3.63, 3.8) is 0 Å². The zero-order valence-corrected chi connectivity index (χ0v) is 10.3. The summed E-state index contributed by atoms with van der Waals surface area (Å²) >= 11 is 0. The van der Waals surface area contributed by atoms with Crippen molar-refractivity contribution in [2.45, 2.75) is 32.8 Å². The highest BCUT2D eigenvalue weighted by Gasteiger charge is 2.17. The molecule has 2 N–H and O–H groups in total. The summed E-state index contributed by atoms with van der Waals surface area (Å²) < 4.78 is 5.18. The van der Waals surface area contributed by atoms with Gasteiger partial charge in [0.15, 0.2) is 0 Å². The van der Waals surface area contributed by atoms with Gasteiger partial charge < -0.3 is 14.8 Å². The molecule has 0 aliphatic carbocycles. The average Bonchev–Trinajstić information content (AvgIpc) is 2.14. The van der Waals surface area contributed by atoms with E-state index in [0.717, 1.165) is 0 Å². The summed E-state index contributed by atoms with van der Waals surface area (Å²) in [5, 5.41) is 18.0. The molecule has 0 unspecified atom stereocenters. The van der Waals surface area contributed by atoms with Gasteiger partial charge in [-0.25, -0.2) is 0 Å². The lowest BCUT2D eigenvalue weighted by Gasteiger charge is -2.19. The zero-order valence-electron chi connectivity index (χ0n) is 10.3. The molecule has 5 heteroatoms. The number of carbonyl (C=O) groups is 1. The Morgan fingerprint density at radius 3 is 2.53 bits per heavy atom. The maximum Gasteiger partial charge on any atom is 0.488 e. The van der Waals surface area contributed by atoms with Gasteiger partial charge in [-0.2, -0.15) is 0 Å². The van der Waals surface area contributed by atoms with Crippen LogP contribution in [0.4, 0.5) is 0 Å². The molecule has 0 amide bonds. The highest BCUT2D eigenvalue weighted by atomic mass is 16.6. The Morgan fingerprint density at radius 2 is 2.00 bits per heavy atom. The Labute approximate surface area is 101 Å². The Morgan fingerprint density at radius 1 is 1.35 bits per heavy atom. The van der Waals surface area contributed by atoms with E-state index >= 15 is 0 Å². The molecule has 17 heavy (non-hydrogen) atoms. The maximum atomic E-state index is 11.6. The van der Waals surface area contributed by atoms with Crippen molar-refractivity contribution in [3.05, 3.63) is 29.8 Å². The van der Waals surface area contributed by atoms with Gasteiger partial charge in [0.05, 0.1) is 6.42 Å². The number of hydrogen-bond donors (Lipinski definition) is 2. The van der Waals surface area contributed by atoms with Gasteiger partial charge in [-0.05, 0) is 31.8 Å². The second kappa shape index (κ2) is 5.34. The number of rotatable bonds is 3. The molecule has 0 aliphatic rings. The van der Waals surface area contributed by atoms with E-state index in [1.54, 1.807) is 45.0 Å². The summed E-state index contributed by atoms with van der Waals surface area (Å²) in [4.78, 5) is 11.6. The van der Waals surface area contributed by atoms with Crippen LogP contribution >= 0.6 is 0 Å². The first-order chi connectivity index (χ1) is 7.78. The summed E-state index contributed by atoms with van der Waals surface area (Å²) in [5.41, 5.74) is 0.557. The Hall–Kier alpha value is -1.33. The Balaban J connectivity index is 2.69. The number of esters is 1. The number of hydrogen-bond acceptors (Lipinski definition) is 4. The topological polar surface area (TPSA) is 66.8 Å². The van der Waals surface area contributed by atoms with Crippen molar-refractivity contribution in [1.82, 2.24) is 0 Å². The summed E-state index contributed by atoms with van der Waals surface area (Å²) in [7, 11) is -1.52. The van der Waals surface area contributed by atoms with E-state index in [-0.39, 0.29) is 12.4 Å². The molecule has 0 aliphatic heterocycles. The third-order valence-electron chi connectivity index (χ3n) is 2.02. The molecule has 0 saturated carbocycles. The summed E-state index contributed by atoms with van der Waals surface area (Å²) in [6.45, 7) is 5.41. The van der Waals surface area contributed by atoms with Crippen LogP contribution in [0.5, 0.6) is 0 Å². The fourth-order valence-corrected chi connectivity index (χ4v) is 1.41. The van der Waals surface area contributed by atoms with Gasteiger partial charge in [0.25, 0.3) is 0 Å². The van der Waals surface area contributed by atoms with Crippen LogP contribution < -0.4 is 5.46 Å². The van der Waals surface area contributed by atoms with Crippen LogP contribution in [0, 0.1) is 0 Å². The predicted octanol–water partition coefficient (Wildman–Crippen LogP) is 0.251. The monoisotopic (exact) mass is 236 g/mol. The van der Waals surface area contributed by atoms with E-state index in [4.69, 9.17) is 14.8 Å². The molecule has 0 spiro atoms. The van der Waals surface area contributed by atoms with Gasteiger partial charge in [-0.15, -0.1) is 0 Å². The van der Waals surface area contributed by atoms with Crippen LogP contribution in [-0.2, 0) is 16.0 Å². The molecule has 92 valence electrons. The first-order valence-electron chi connectivity index (χ1n) is 5.45. The fourth-order valence-electron chi connectivity index (χ4n) is 1.41. The SMILES string of the molecule is CC(C)(C)OC(=O)Cc1cccc(B(O)O)c1. The highest BCUT2D eigenvalue weighted by Crippen LogP contribution is 2.09. The van der Waals surface area contributed by atoms with Crippen LogP contribution in [0.3, 0.4) is 0 Å². The van der Waals surface area contributed by atoms with Gasteiger partial charge in [0.2, 0.25) is 0 Å². The normalized spacial score (nSPS) is 11.1. The van der Waals surface area contributed by atoms with E-state index in [0.29, 0.717) is 11.0 Å². The molecular formula is C12H17BO4. The third kappa shape index (κ3) is 5.02. The fraction of sp³-hybridized carbons (Fsp3) is 0.417. The van der Waals surface area contributed by atoms with Crippen LogP contribution in [0.25, 0.3) is 0 Å². The maximum absolute atomic E-state index is 11.6. The van der Waals surface area contributed by atoms with Crippen molar-refractivity contribution >= 4 is 18.6 Å². The summed E-state index contributed by atoms with van der Waals surface area (Å²) in [6.07, 6.45) is 0.123. The molecule has 1 aromatic carbocycles.